The van der Waals surface area contributed by atoms with Gasteiger partial charge in [-0.3, -0.25) is 4.99 Å². The quantitative estimate of drug-likeness (QED) is 0.335. The van der Waals surface area contributed by atoms with Gasteiger partial charge in [0.05, 0.1) is 21.3 Å². The minimum absolute atomic E-state index is 0.615. The molecule has 0 bridgehead atoms. The lowest BCUT2D eigenvalue weighted by molar-refractivity contribution is 0.146. The number of rotatable bonds is 12. The summed E-state index contributed by atoms with van der Waals surface area (Å²) in [5.74, 6) is 2.78. The minimum Gasteiger partial charge on any atom is -0.493 e. The highest BCUT2D eigenvalue weighted by atomic mass is 16.5. The second kappa shape index (κ2) is 13.1. The summed E-state index contributed by atoms with van der Waals surface area (Å²) in [6, 6.07) is 3.89. The fraction of sp³-hybridized carbons (Fsp3) is 0.632. The summed E-state index contributed by atoms with van der Waals surface area (Å²) < 4.78 is 21.6. The molecule has 0 fully saturated rings. The van der Waals surface area contributed by atoms with Crippen molar-refractivity contribution in [1.29, 1.82) is 0 Å². The van der Waals surface area contributed by atoms with Crippen molar-refractivity contribution in [3.05, 3.63) is 17.7 Å². The third-order valence-electron chi connectivity index (χ3n) is 3.74. The van der Waals surface area contributed by atoms with E-state index in [1.54, 1.807) is 21.3 Å². The number of hydrogen-bond acceptors (Lipinski definition) is 5. The molecule has 0 aliphatic rings. The molecule has 0 saturated carbocycles. The van der Waals surface area contributed by atoms with E-state index < -0.39 is 0 Å². The van der Waals surface area contributed by atoms with Gasteiger partial charge in [-0.05, 0) is 32.8 Å². The van der Waals surface area contributed by atoms with Gasteiger partial charge in [0, 0.05) is 38.4 Å². The summed E-state index contributed by atoms with van der Waals surface area (Å²) >= 11 is 0. The summed E-state index contributed by atoms with van der Waals surface area (Å²) in [4.78, 5) is 4.56. The molecule has 26 heavy (non-hydrogen) atoms. The zero-order valence-electron chi connectivity index (χ0n) is 16.7. The lowest BCUT2D eigenvalue weighted by Crippen LogP contribution is -2.38. The molecule has 1 aromatic rings. The van der Waals surface area contributed by atoms with Gasteiger partial charge >= 0.3 is 0 Å². The van der Waals surface area contributed by atoms with Gasteiger partial charge in [-0.2, -0.15) is 0 Å². The molecule has 0 atom stereocenters. The van der Waals surface area contributed by atoms with E-state index >= 15 is 0 Å². The fourth-order valence-electron chi connectivity index (χ4n) is 2.52. The van der Waals surface area contributed by atoms with Crippen LogP contribution in [0.15, 0.2) is 17.1 Å². The molecule has 0 amide bonds. The first-order valence-electron chi connectivity index (χ1n) is 9.09. The van der Waals surface area contributed by atoms with Gasteiger partial charge in [0.2, 0.25) is 5.75 Å². The Bertz CT molecular complexity index is 550. The molecule has 0 unspecified atom stereocenters. The molecule has 148 valence electrons. The fourth-order valence-corrected chi connectivity index (χ4v) is 2.52. The molecule has 0 aliphatic carbocycles. The second-order valence-corrected chi connectivity index (χ2v) is 5.48. The molecule has 0 heterocycles. The summed E-state index contributed by atoms with van der Waals surface area (Å²) in [5, 5.41) is 6.60. The highest BCUT2D eigenvalue weighted by Gasteiger charge is 2.15. The van der Waals surface area contributed by atoms with Crippen LogP contribution in [0.25, 0.3) is 0 Å². The lowest BCUT2D eigenvalue weighted by atomic mass is 10.1. The normalized spacial score (nSPS) is 11.2. The predicted molar refractivity (Wildman–Crippen MR) is 105 cm³/mol. The Morgan fingerprint density at radius 1 is 1.00 bits per heavy atom. The molecule has 0 aliphatic heterocycles. The molecule has 0 radical (unpaired) electrons. The van der Waals surface area contributed by atoms with Crippen molar-refractivity contribution in [2.45, 2.75) is 26.7 Å². The number of ether oxygens (including phenoxy) is 4. The van der Waals surface area contributed by atoms with Crippen molar-refractivity contribution in [2.24, 2.45) is 4.99 Å². The maximum Gasteiger partial charge on any atom is 0.203 e. The molecule has 2 N–H and O–H groups in total. The Morgan fingerprint density at radius 2 is 1.77 bits per heavy atom. The number of benzene rings is 1. The van der Waals surface area contributed by atoms with Crippen molar-refractivity contribution in [2.75, 3.05) is 54.2 Å². The van der Waals surface area contributed by atoms with E-state index in [1.807, 2.05) is 19.1 Å². The monoisotopic (exact) mass is 367 g/mol. The Balaban J connectivity index is 2.64. The number of hydrogen-bond donors (Lipinski definition) is 2. The number of nitrogens with zero attached hydrogens (tertiary/aromatic N) is 1. The Kier molecular flexibility index (Phi) is 11.0. The van der Waals surface area contributed by atoms with Crippen LogP contribution in [0.3, 0.4) is 0 Å². The van der Waals surface area contributed by atoms with Crippen molar-refractivity contribution < 1.29 is 18.9 Å². The molecular formula is C19H33N3O4. The highest BCUT2D eigenvalue weighted by molar-refractivity contribution is 5.79. The number of methoxy groups -OCH3 is 3. The summed E-state index contributed by atoms with van der Waals surface area (Å²) in [5.41, 5.74) is 1.05. The molecule has 7 nitrogen and oxygen atoms in total. The third-order valence-corrected chi connectivity index (χ3v) is 3.74. The van der Waals surface area contributed by atoms with Crippen LogP contribution in [0.4, 0.5) is 0 Å². The second-order valence-electron chi connectivity index (χ2n) is 5.48. The van der Waals surface area contributed by atoms with Gasteiger partial charge in [-0.25, -0.2) is 0 Å². The topological polar surface area (TPSA) is 73.3 Å². The molecule has 1 rings (SSSR count). The predicted octanol–water partition coefficient (Wildman–Crippen LogP) is 2.24. The van der Waals surface area contributed by atoms with Crippen molar-refractivity contribution in [3.8, 4) is 17.2 Å². The molecular weight excluding hydrogens is 334 g/mol. The standard InChI is InChI=1S/C19H33N3O4/c1-6-20-19(21-12-8-14-26-7-2)22-13-11-15-9-10-16(23-3)18(25-5)17(15)24-4/h9-10H,6-8,11-14H2,1-5H3,(H2,20,21,22). The SMILES string of the molecule is CCNC(=NCCCOCC)NCCc1ccc(OC)c(OC)c1OC. The van der Waals surface area contributed by atoms with E-state index in [0.717, 1.165) is 57.2 Å². The Labute approximate surface area is 157 Å². The van der Waals surface area contributed by atoms with Gasteiger partial charge in [-0.15, -0.1) is 0 Å². The summed E-state index contributed by atoms with van der Waals surface area (Å²) in [6.45, 7) is 7.80. The maximum absolute atomic E-state index is 5.52. The molecule has 0 saturated heterocycles. The molecule has 0 spiro atoms. The average molecular weight is 367 g/mol. The Morgan fingerprint density at radius 3 is 2.38 bits per heavy atom. The van der Waals surface area contributed by atoms with E-state index in [2.05, 4.69) is 22.5 Å². The van der Waals surface area contributed by atoms with Crippen LogP contribution < -0.4 is 24.8 Å². The van der Waals surface area contributed by atoms with Crippen LogP contribution in [0.5, 0.6) is 17.2 Å². The van der Waals surface area contributed by atoms with E-state index in [9.17, 15) is 0 Å². The van der Waals surface area contributed by atoms with Crippen LogP contribution in [0.1, 0.15) is 25.8 Å². The lowest BCUT2D eigenvalue weighted by Gasteiger charge is -2.16. The van der Waals surface area contributed by atoms with E-state index in [1.165, 1.54) is 0 Å². The van der Waals surface area contributed by atoms with Crippen molar-refractivity contribution in [1.82, 2.24) is 10.6 Å². The first-order chi connectivity index (χ1) is 12.7. The number of nitrogens with one attached hydrogen (secondary N) is 2. The largest absolute Gasteiger partial charge is 0.493 e. The number of aliphatic imine (C=N–C) groups is 1. The average Bonchev–Trinajstić information content (AvgIpc) is 2.66. The Hall–Kier alpha value is -2.15. The van der Waals surface area contributed by atoms with Crippen LogP contribution in [0.2, 0.25) is 0 Å². The first-order valence-corrected chi connectivity index (χ1v) is 9.09. The van der Waals surface area contributed by atoms with Gasteiger partial charge in [0.25, 0.3) is 0 Å². The maximum atomic E-state index is 5.52. The zero-order valence-corrected chi connectivity index (χ0v) is 16.7. The summed E-state index contributed by atoms with van der Waals surface area (Å²) in [7, 11) is 4.86. The van der Waals surface area contributed by atoms with Crippen LogP contribution in [0, 0.1) is 0 Å². The van der Waals surface area contributed by atoms with Crippen LogP contribution >= 0.6 is 0 Å². The number of guanidine groups is 1. The summed E-state index contributed by atoms with van der Waals surface area (Å²) in [6.07, 6.45) is 1.68. The van der Waals surface area contributed by atoms with Crippen LogP contribution in [-0.4, -0.2) is 60.1 Å². The molecule has 0 aromatic heterocycles. The van der Waals surface area contributed by atoms with E-state index in [-0.39, 0.29) is 0 Å². The van der Waals surface area contributed by atoms with Gasteiger partial charge in [-0.1, -0.05) is 6.07 Å². The first kappa shape index (κ1) is 21.9. The zero-order chi connectivity index (χ0) is 19.2. The van der Waals surface area contributed by atoms with E-state index in [0.29, 0.717) is 17.2 Å². The van der Waals surface area contributed by atoms with Crippen molar-refractivity contribution >= 4 is 5.96 Å². The van der Waals surface area contributed by atoms with Gasteiger partial charge < -0.3 is 29.6 Å². The third kappa shape index (κ3) is 7.00. The molecule has 7 heteroatoms. The van der Waals surface area contributed by atoms with Crippen LogP contribution in [-0.2, 0) is 11.2 Å². The van der Waals surface area contributed by atoms with E-state index in [4.69, 9.17) is 18.9 Å². The van der Waals surface area contributed by atoms with Crippen molar-refractivity contribution in [3.63, 3.8) is 0 Å². The smallest absolute Gasteiger partial charge is 0.203 e. The van der Waals surface area contributed by atoms with Gasteiger partial charge in [0.1, 0.15) is 0 Å². The minimum atomic E-state index is 0.615. The highest BCUT2D eigenvalue weighted by Crippen LogP contribution is 2.39. The van der Waals surface area contributed by atoms with Gasteiger partial charge in [0.15, 0.2) is 17.5 Å². The molecule has 1 aromatic carbocycles.